The Hall–Kier alpha value is -0.770. The SMILES string of the molecule is CNc1cc(OC)ns1. The van der Waals surface area contributed by atoms with Crippen molar-refractivity contribution in [2.75, 3.05) is 19.5 Å². The van der Waals surface area contributed by atoms with Gasteiger partial charge in [-0.1, -0.05) is 0 Å². The maximum Gasteiger partial charge on any atom is 0.227 e. The van der Waals surface area contributed by atoms with Crippen LogP contribution in [0.3, 0.4) is 0 Å². The van der Waals surface area contributed by atoms with E-state index in [0.717, 1.165) is 5.00 Å². The third-order valence-electron chi connectivity index (χ3n) is 0.944. The van der Waals surface area contributed by atoms with Gasteiger partial charge in [0.1, 0.15) is 5.00 Å². The summed E-state index contributed by atoms with van der Waals surface area (Å²) in [5.74, 6) is 0.671. The van der Waals surface area contributed by atoms with E-state index in [0.29, 0.717) is 5.88 Å². The number of nitrogens with zero attached hydrogens (tertiary/aromatic N) is 1. The predicted octanol–water partition coefficient (Wildman–Crippen LogP) is 1.19. The lowest BCUT2D eigenvalue weighted by Crippen LogP contribution is -1.82. The Balaban J connectivity index is 2.74. The van der Waals surface area contributed by atoms with E-state index in [4.69, 9.17) is 4.74 Å². The molecule has 1 rings (SSSR count). The molecular weight excluding hydrogens is 136 g/mol. The Labute approximate surface area is 57.8 Å². The molecule has 0 atom stereocenters. The number of rotatable bonds is 2. The maximum atomic E-state index is 4.86. The molecule has 1 N–H and O–H groups in total. The molecule has 0 fully saturated rings. The fraction of sp³-hybridized carbons (Fsp3) is 0.400. The third kappa shape index (κ3) is 1.32. The van der Waals surface area contributed by atoms with Gasteiger partial charge in [-0.3, -0.25) is 0 Å². The van der Waals surface area contributed by atoms with E-state index >= 15 is 0 Å². The molecule has 1 aromatic rings. The van der Waals surface area contributed by atoms with Crippen LogP contribution in [0.1, 0.15) is 0 Å². The summed E-state index contributed by atoms with van der Waals surface area (Å²) >= 11 is 1.39. The average Bonchev–Trinajstić information content (AvgIpc) is 2.34. The topological polar surface area (TPSA) is 34.1 Å². The summed E-state index contributed by atoms with van der Waals surface area (Å²) in [6, 6.07) is 1.85. The van der Waals surface area contributed by atoms with Crippen molar-refractivity contribution in [3.8, 4) is 5.88 Å². The van der Waals surface area contributed by atoms with Crippen LogP contribution in [0, 0.1) is 0 Å². The van der Waals surface area contributed by atoms with Gasteiger partial charge in [-0.25, -0.2) is 0 Å². The van der Waals surface area contributed by atoms with Crippen LogP contribution in [-0.2, 0) is 0 Å². The number of aromatic nitrogens is 1. The van der Waals surface area contributed by atoms with Gasteiger partial charge in [-0.2, -0.15) is 4.37 Å². The van der Waals surface area contributed by atoms with Crippen molar-refractivity contribution < 1.29 is 4.74 Å². The molecule has 0 spiro atoms. The molecule has 0 saturated carbocycles. The van der Waals surface area contributed by atoms with Gasteiger partial charge in [0.2, 0.25) is 5.88 Å². The highest BCUT2D eigenvalue weighted by molar-refractivity contribution is 7.10. The minimum Gasteiger partial charge on any atom is -0.480 e. The largest absolute Gasteiger partial charge is 0.480 e. The van der Waals surface area contributed by atoms with Crippen LogP contribution in [0.25, 0.3) is 0 Å². The van der Waals surface area contributed by atoms with Crippen molar-refractivity contribution in [3.05, 3.63) is 6.07 Å². The Kier molecular flexibility index (Phi) is 1.89. The summed E-state index contributed by atoms with van der Waals surface area (Å²) in [7, 11) is 3.46. The number of ether oxygens (including phenoxy) is 1. The molecule has 0 aliphatic carbocycles. The van der Waals surface area contributed by atoms with E-state index in [2.05, 4.69) is 9.69 Å². The highest BCUT2D eigenvalue weighted by Gasteiger charge is 1.96. The van der Waals surface area contributed by atoms with E-state index < -0.39 is 0 Å². The number of hydrogen-bond donors (Lipinski definition) is 1. The summed E-state index contributed by atoms with van der Waals surface area (Å²) in [6.45, 7) is 0. The number of nitrogens with one attached hydrogen (secondary N) is 1. The lowest BCUT2D eigenvalue weighted by Gasteiger charge is -1.87. The minimum atomic E-state index is 0.671. The second-order valence-corrected chi connectivity index (χ2v) is 2.29. The van der Waals surface area contributed by atoms with Crippen molar-refractivity contribution in [1.29, 1.82) is 0 Å². The molecular formula is C5H8N2OS. The molecule has 3 nitrogen and oxygen atoms in total. The number of hydrogen-bond acceptors (Lipinski definition) is 4. The van der Waals surface area contributed by atoms with Crippen LogP contribution in [0.2, 0.25) is 0 Å². The summed E-state index contributed by atoms with van der Waals surface area (Å²) in [6.07, 6.45) is 0. The Morgan fingerprint density at radius 3 is 2.89 bits per heavy atom. The zero-order chi connectivity index (χ0) is 6.69. The molecule has 1 heterocycles. The first-order chi connectivity index (χ1) is 4.36. The van der Waals surface area contributed by atoms with E-state index in [9.17, 15) is 0 Å². The molecule has 0 saturated heterocycles. The van der Waals surface area contributed by atoms with Crippen LogP contribution < -0.4 is 10.1 Å². The first-order valence-electron chi connectivity index (χ1n) is 2.55. The molecule has 1 aromatic heterocycles. The standard InChI is InChI=1S/C5H8N2OS/c1-6-5-3-4(8-2)7-9-5/h3,6H,1-2H3. The Morgan fingerprint density at radius 1 is 1.78 bits per heavy atom. The molecule has 0 aliphatic rings. The van der Waals surface area contributed by atoms with Crippen molar-refractivity contribution in [1.82, 2.24) is 4.37 Å². The zero-order valence-corrected chi connectivity index (χ0v) is 6.16. The van der Waals surface area contributed by atoms with Crippen LogP contribution in [0.4, 0.5) is 5.00 Å². The van der Waals surface area contributed by atoms with Crippen LogP contribution >= 0.6 is 11.5 Å². The summed E-state index contributed by atoms with van der Waals surface area (Å²) < 4.78 is 8.82. The fourth-order valence-corrected chi connectivity index (χ4v) is 1.03. The zero-order valence-electron chi connectivity index (χ0n) is 5.34. The normalized spacial score (nSPS) is 9.11. The van der Waals surface area contributed by atoms with Gasteiger partial charge in [0.05, 0.1) is 7.11 Å². The first kappa shape index (κ1) is 6.35. The molecule has 0 bridgehead atoms. The molecule has 0 amide bonds. The van der Waals surface area contributed by atoms with Gasteiger partial charge in [0, 0.05) is 13.1 Å². The highest BCUT2D eigenvalue weighted by Crippen LogP contribution is 2.19. The highest BCUT2D eigenvalue weighted by atomic mass is 32.1. The second-order valence-electron chi connectivity index (χ2n) is 1.48. The fourth-order valence-electron chi connectivity index (χ4n) is 0.473. The maximum absolute atomic E-state index is 4.86. The van der Waals surface area contributed by atoms with Gasteiger partial charge in [-0.15, -0.1) is 0 Å². The Bertz CT molecular complexity index is 168. The number of methoxy groups -OCH3 is 1. The molecule has 50 valence electrons. The summed E-state index contributed by atoms with van der Waals surface area (Å²) in [4.78, 5) is 0. The predicted molar refractivity (Wildman–Crippen MR) is 38.2 cm³/mol. The van der Waals surface area contributed by atoms with Crippen molar-refractivity contribution in [3.63, 3.8) is 0 Å². The van der Waals surface area contributed by atoms with E-state index in [-0.39, 0.29) is 0 Å². The quantitative estimate of drug-likeness (QED) is 0.677. The average molecular weight is 144 g/mol. The molecule has 0 radical (unpaired) electrons. The van der Waals surface area contributed by atoms with Crippen LogP contribution in [0.15, 0.2) is 6.07 Å². The van der Waals surface area contributed by atoms with Crippen molar-refractivity contribution >= 4 is 16.5 Å². The third-order valence-corrected chi connectivity index (χ3v) is 1.73. The van der Waals surface area contributed by atoms with Crippen LogP contribution in [-0.4, -0.2) is 18.5 Å². The Morgan fingerprint density at radius 2 is 2.56 bits per heavy atom. The monoisotopic (exact) mass is 144 g/mol. The van der Waals surface area contributed by atoms with E-state index in [1.54, 1.807) is 7.11 Å². The van der Waals surface area contributed by atoms with Gasteiger partial charge in [0.25, 0.3) is 0 Å². The van der Waals surface area contributed by atoms with Gasteiger partial charge >= 0.3 is 0 Å². The molecule has 0 unspecified atom stereocenters. The smallest absolute Gasteiger partial charge is 0.227 e. The van der Waals surface area contributed by atoms with E-state index in [1.165, 1.54) is 11.5 Å². The van der Waals surface area contributed by atoms with Gasteiger partial charge in [-0.05, 0) is 11.5 Å². The lowest BCUT2D eigenvalue weighted by atomic mass is 10.6. The minimum absolute atomic E-state index is 0.671. The lowest BCUT2D eigenvalue weighted by molar-refractivity contribution is 0.403. The van der Waals surface area contributed by atoms with Crippen LogP contribution in [0.5, 0.6) is 5.88 Å². The number of anilines is 1. The first-order valence-corrected chi connectivity index (χ1v) is 3.32. The molecule has 4 heteroatoms. The van der Waals surface area contributed by atoms with Gasteiger partial charge in [0.15, 0.2) is 0 Å². The van der Waals surface area contributed by atoms with E-state index in [1.807, 2.05) is 13.1 Å². The summed E-state index contributed by atoms with van der Waals surface area (Å²) in [5.41, 5.74) is 0. The van der Waals surface area contributed by atoms with Gasteiger partial charge < -0.3 is 10.1 Å². The van der Waals surface area contributed by atoms with Crippen molar-refractivity contribution in [2.45, 2.75) is 0 Å². The molecule has 0 aliphatic heterocycles. The summed E-state index contributed by atoms with van der Waals surface area (Å²) in [5, 5.41) is 3.98. The van der Waals surface area contributed by atoms with Crippen molar-refractivity contribution in [2.24, 2.45) is 0 Å². The molecule has 9 heavy (non-hydrogen) atoms. The second kappa shape index (κ2) is 2.68. The molecule has 0 aromatic carbocycles.